The van der Waals surface area contributed by atoms with E-state index in [0.717, 1.165) is 29.6 Å². The zero-order valence-corrected chi connectivity index (χ0v) is 12.5. The Morgan fingerprint density at radius 2 is 2.05 bits per heavy atom. The monoisotopic (exact) mass is 286 g/mol. The smallest absolute Gasteiger partial charge is 0.317 e. The highest BCUT2D eigenvalue weighted by Crippen LogP contribution is 2.20. The van der Waals surface area contributed by atoms with E-state index in [4.69, 9.17) is 4.42 Å². The van der Waals surface area contributed by atoms with Gasteiger partial charge in [-0.1, -0.05) is 37.5 Å². The summed E-state index contributed by atoms with van der Waals surface area (Å²) < 4.78 is 5.76. The van der Waals surface area contributed by atoms with E-state index in [1.54, 1.807) is 4.90 Å². The Hall–Kier alpha value is -1.97. The zero-order chi connectivity index (χ0) is 14.7. The molecule has 4 nitrogen and oxygen atoms in total. The summed E-state index contributed by atoms with van der Waals surface area (Å²) in [6.07, 6.45) is 5.94. The van der Waals surface area contributed by atoms with Crippen molar-refractivity contribution in [2.75, 3.05) is 7.05 Å². The third-order valence-corrected chi connectivity index (χ3v) is 4.15. The average molecular weight is 286 g/mol. The van der Waals surface area contributed by atoms with Crippen LogP contribution in [0.2, 0.25) is 0 Å². The van der Waals surface area contributed by atoms with E-state index in [-0.39, 0.29) is 6.03 Å². The van der Waals surface area contributed by atoms with Crippen LogP contribution in [0.4, 0.5) is 4.79 Å². The van der Waals surface area contributed by atoms with Gasteiger partial charge in [0.1, 0.15) is 11.3 Å². The van der Waals surface area contributed by atoms with Crippen LogP contribution in [0, 0.1) is 0 Å². The van der Waals surface area contributed by atoms with E-state index >= 15 is 0 Å². The zero-order valence-electron chi connectivity index (χ0n) is 12.5. The fourth-order valence-corrected chi connectivity index (χ4v) is 2.95. The molecule has 1 aromatic heterocycles. The number of hydrogen-bond donors (Lipinski definition) is 1. The molecule has 1 N–H and O–H groups in total. The highest BCUT2D eigenvalue weighted by Gasteiger charge is 2.18. The van der Waals surface area contributed by atoms with Gasteiger partial charge >= 0.3 is 6.03 Å². The Labute approximate surface area is 125 Å². The fourth-order valence-electron chi connectivity index (χ4n) is 2.95. The summed E-state index contributed by atoms with van der Waals surface area (Å²) >= 11 is 0. The minimum Gasteiger partial charge on any atom is -0.459 e. The number of hydrogen-bond acceptors (Lipinski definition) is 2. The summed E-state index contributed by atoms with van der Waals surface area (Å²) in [5.41, 5.74) is 0.869. The minimum absolute atomic E-state index is 0.0117. The van der Waals surface area contributed by atoms with Crippen molar-refractivity contribution in [2.24, 2.45) is 0 Å². The molecule has 1 aromatic carbocycles. The first-order chi connectivity index (χ1) is 10.2. The SMILES string of the molecule is CN(Cc1cc2ccccc2o1)C(=O)NC1CCCCC1. The number of carbonyl (C=O) groups excluding carboxylic acids is 1. The second-order valence-electron chi connectivity index (χ2n) is 5.89. The lowest BCUT2D eigenvalue weighted by atomic mass is 9.96. The largest absolute Gasteiger partial charge is 0.459 e. The molecule has 0 spiro atoms. The lowest BCUT2D eigenvalue weighted by molar-refractivity contribution is 0.195. The molecule has 2 aromatic rings. The van der Waals surface area contributed by atoms with Gasteiger partial charge < -0.3 is 14.6 Å². The van der Waals surface area contributed by atoms with Crippen molar-refractivity contribution >= 4 is 17.0 Å². The molecule has 1 heterocycles. The number of carbonyl (C=O) groups is 1. The van der Waals surface area contributed by atoms with E-state index in [1.165, 1.54) is 19.3 Å². The third kappa shape index (κ3) is 3.38. The topological polar surface area (TPSA) is 45.5 Å². The minimum atomic E-state index is -0.0117. The Kier molecular flexibility index (Phi) is 4.13. The van der Waals surface area contributed by atoms with Gasteiger partial charge in [-0.2, -0.15) is 0 Å². The second kappa shape index (κ2) is 6.20. The van der Waals surface area contributed by atoms with Crippen molar-refractivity contribution < 1.29 is 9.21 Å². The maximum atomic E-state index is 12.2. The molecule has 0 aliphatic heterocycles. The molecule has 0 radical (unpaired) electrons. The van der Waals surface area contributed by atoms with Gasteiger partial charge in [-0.15, -0.1) is 0 Å². The predicted octanol–water partition coefficient (Wildman–Crippen LogP) is 3.91. The molecule has 1 saturated carbocycles. The summed E-state index contributed by atoms with van der Waals surface area (Å²) in [6, 6.07) is 10.2. The molecule has 1 aliphatic carbocycles. The van der Waals surface area contributed by atoms with Gasteiger partial charge in [0.05, 0.1) is 6.54 Å². The number of nitrogens with zero attached hydrogens (tertiary/aromatic N) is 1. The van der Waals surface area contributed by atoms with Crippen LogP contribution < -0.4 is 5.32 Å². The van der Waals surface area contributed by atoms with Gasteiger partial charge in [0.15, 0.2) is 0 Å². The molecule has 0 unspecified atom stereocenters. The van der Waals surface area contributed by atoms with Gasteiger partial charge in [-0.05, 0) is 25.0 Å². The summed E-state index contributed by atoms with van der Waals surface area (Å²) in [7, 11) is 1.81. The number of fused-ring (bicyclic) bond motifs is 1. The summed E-state index contributed by atoms with van der Waals surface area (Å²) in [5.74, 6) is 0.817. The first kappa shape index (κ1) is 14.0. The molecule has 2 amide bonds. The lowest BCUT2D eigenvalue weighted by Crippen LogP contribution is -2.43. The highest BCUT2D eigenvalue weighted by atomic mass is 16.3. The Morgan fingerprint density at radius 1 is 1.29 bits per heavy atom. The van der Waals surface area contributed by atoms with Crippen molar-refractivity contribution in [1.29, 1.82) is 0 Å². The van der Waals surface area contributed by atoms with Crippen molar-refractivity contribution in [2.45, 2.75) is 44.7 Å². The Balaban J connectivity index is 1.59. The van der Waals surface area contributed by atoms with Gasteiger partial charge in [0.25, 0.3) is 0 Å². The first-order valence-electron chi connectivity index (χ1n) is 7.71. The van der Waals surface area contributed by atoms with Crippen LogP contribution in [0.15, 0.2) is 34.7 Å². The number of para-hydroxylation sites is 1. The van der Waals surface area contributed by atoms with E-state index in [1.807, 2.05) is 37.4 Å². The number of furan rings is 1. The molecule has 21 heavy (non-hydrogen) atoms. The fraction of sp³-hybridized carbons (Fsp3) is 0.471. The normalized spacial score (nSPS) is 16.0. The van der Waals surface area contributed by atoms with Gasteiger partial charge in [0, 0.05) is 18.5 Å². The molecule has 0 saturated heterocycles. The molecule has 4 heteroatoms. The van der Waals surface area contributed by atoms with Gasteiger partial charge in [-0.25, -0.2) is 4.79 Å². The first-order valence-corrected chi connectivity index (χ1v) is 7.71. The second-order valence-corrected chi connectivity index (χ2v) is 5.89. The quantitative estimate of drug-likeness (QED) is 0.930. The average Bonchev–Trinajstić information content (AvgIpc) is 2.90. The van der Waals surface area contributed by atoms with E-state index in [0.29, 0.717) is 12.6 Å². The van der Waals surface area contributed by atoms with E-state index < -0.39 is 0 Å². The standard InChI is InChI=1S/C17H22N2O2/c1-19(17(20)18-14-8-3-2-4-9-14)12-15-11-13-7-5-6-10-16(13)21-15/h5-7,10-11,14H,2-4,8-9,12H2,1H3,(H,18,20). The van der Waals surface area contributed by atoms with Crippen LogP contribution in [-0.2, 0) is 6.54 Å². The van der Waals surface area contributed by atoms with Crippen LogP contribution in [0.25, 0.3) is 11.0 Å². The van der Waals surface area contributed by atoms with Crippen LogP contribution in [0.3, 0.4) is 0 Å². The maximum Gasteiger partial charge on any atom is 0.317 e. The van der Waals surface area contributed by atoms with Crippen LogP contribution in [-0.4, -0.2) is 24.0 Å². The summed E-state index contributed by atoms with van der Waals surface area (Å²) in [4.78, 5) is 13.9. The number of nitrogens with one attached hydrogen (secondary N) is 1. The molecule has 112 valence electrons. The van der Waals surface area contributed by atoms with Crippen molar-refractivity contribution in [3.8, 4) is 0 Å². The Morgan fingerprint density at radius 3 is 2.81 bits per heavy atom. The van der Waals surface area contributed by atoms with Gasteiger partial charge in [0.2, 0.25) is 0 Å². The lowest BCUT2D eigenvalue weighted by Gasteiger charge is -2.25. The number of urea groups is 1. The molecular formula is C17H22N2O2. The maximum absolute atomic E-state index is 12.2. The van der Waals surface area contributed by atoms with Crippen LogP contribution in [0.5, 0.6) is 0 Å². The third-order valence-electron chi connectivity index (χ3n) is 4.15. The van der Waals surface area contributed by atoms with Crippen LogP contribution in [0.1, 0.15) is 37.9 Å². The predicted molar refractivity (Wildman–Crippen MR) is 83.1 cm³/mol. The van der Waals surface area contributed by atoms with E-state index in [2.05, 4.69) is 5.32 Å². The summed E-state index contributed by atoms with van der Waals surface area (Å²) in [6.45, 7) is 0.493. The Bertz CT molecular complexity index is 581. The molecule has 3 rings (SSSR count). The molecule has 1 fully saturated rings. The number of rotatable bonds is 3. The van der Waals surface area contributed by atoms with Crippen molar-refractivity contribution in [3.63, 3.8) is 0 Å². The number of benzene rings is 1. The molecule has 0 bridgehead atoms. The van der Waals surface area contributed by atoms with Gasteiger partial charge in [-0.3, -0.25) is 0 Å². The molecular weight excluding hydrogens is 264 g/mol. The molecule has 1 aliphatic rings. The highest BCUT2D eigenvalue weighted by molar-refractivity contribution is 5.78. The van der Waals surface area contributed by atoms with Crippen LogP contribution >= 0.6 is 0 Å². The van der Waals surface area contributed by atoms with Crippen molar-refractivity contribution in [1.82, 2.24) is 10.2 Å². The number of amides is 2. The van der Waals surface area contributed by atoms with Crippen molar-refractivity contribution in [3.05, 3.63) is 36.1 Å². The summed E-state index contributed by atoms with van der Waals surface area (Å²) in [5, 5.41) is 4.20. The molecule has 0 atom stereocenters. The van der Waals surface area contributed by atoms with E-state index in [9.17, 15) is 4.79 Å².